The van der Waals surface area contributed by atoms with Crippen molar-refractivity contribution in [3.8, 4) is 0 Å². The molecule has 2 aromatic carbocycles. The summed E-state index contributed by atoms with van der Waals surface area (Å²) < 4.78 is 0. The zero-order valence-corrected chi connectivity index (χ0v) is 20.6. The van der Waals surface area contributed by atoms with E-state index in [1.807, 2.05) is 0 Å². The van der Waals surface area contributed by atoms with Gasteiger partial charge in [-0.1, -0.05) is 31.0 Å². The number of rotatable bonds is 7. The molecule has 2 heterocycles. The molecule has 1 saturated carbocycles. The van der Waals surface area contributed by atoms with Crippen LogP contribution in [0, 0.1) is 0 Å². The highest BCUT2D eigenvalue weighted by atomic mass is 16.4. The lowest BCUT2D eigenvalue weighted by Gasteiger charge is -2.36. The third-order valence-corrected chi connectivity index (χ3v) is 7.78. The predicted octanol–water partition coefficient (Wildman–Crippen LogP) is 5.85. The van der Waals surface area contributed by atoms with Crippen LogP contribution in [0.1, 0.15) is 64.7 Å². The van der Waals surface area contributed by atoms with Crippen molar-refractivity contribution in [2.45, 2.75) is 44.1 Å². The zero-order chi connectivity index (χ0) is 24.4. The Bertz CT molecular complexity index is 1190. The Labute approximate surface area is 207 Å². The molecule has 0 amide bonds. The summed E-state index contributed by atoms with van der Waals surface area (Å²) in [6, 6.07) is 17.5. The van der Waals surface area contributed by atoms with E-state index in [0.29, 0.717) is 12.2 Å². The van der Waals surface area contributed by atoms with Gasteiger partial charge in [-0.15, -0.1) is 0 Å². The number of nitrogens with one attached hydrogen (secondary N) is 1. The molecule has 1 aliphatic carbocycles. The van der Waals surface area contributed by atoms with Crippen LogP contribution >= 0.6 is 0 Å². The highest BCUT2D eigenvalue weighted by molar-refractivity contribution is 5.93. The smallest absolute Gasteiger partial charge is 0.337 e. The average molecular weight is 471 g/mol. The number of aromatic nitrogens is 1. The van der Waals surface area contributed by atoms with E-state index in [0.717, 1.165) is 18.9 Å². The molecule has 1 aromatic heterocycles. The van der Waals surface area contributed by atoms with Crippen molar-refractivity contribution in [1.82, 2.24) is 9.88 Å². The van der Waals surface area contributed by atoms with Crippen molar-refractivity contribution in [3.63, 3.8) is 0 Å². The van der Waals surface area contributed by atoms with Crippen LogP contribution in [0.15, 0.2) is 60.9 Å². The third-order valence-electron chi connectivity index (χ3n) is 7.78. The molecule has 182 valence electrons. The lowest BCUT2D eigenvalue weighted by atomic mass is 9.92. The van der Waals surface area contributed by atoms with E-state index in [1.165, 1.54) is 66.0 Å². The molecule has 6 heteroatoms. The maximum atomic E-state index is 11.6. The number of carbonyl (C=O) groups is 1. The summed E-state index contributed by atoms with van der Waals surface area (Å²) in [4.78, 5) is 20.2. The SMILES string of the molecule is CN(c1ccc(C2CCCC2)cc1)c1ccc2c(c1)CCN(C)[C@@H]2CNc1cnccc1C(=O)O. The second kappa shape index (κ2) is 10.1. The number of likely N-dealkylation sites (N-methyl/N-ethyl adjacent to an activating group) is 1. The van der Waals surface area contributed by atoms with Gasteiger partial charge in [0.05, 0.1) is 23.5 Å². The van der Waals surface area contributed by atoms with Crippen LogP contribution in [0.25, 0.3) is 0 Å². The number of carboxylic acid groups (broad SMARTS) is 1. The maximum absolute atomic E-state index is 11.6. The van der Waals surface area contributed by atoms with Gasteiger partial charge in [-0.05, 0) is 79.3 Å². The van der Waals surface area contributed by atoms with Crippen LogP contribution in [0.5, 0.6) is 0 Å². The fraction of sp³-hybridized carbons (Fsp3) is 0.379. The molecule has 0 spiro atoms. The van der Waals surface area contributed by atoms with E-state index < -0.39 is 5.97 Å². The zero-order valence-electron chi connectivity index (χ0n) is 20.6. The fourth-order valence-corrected chi connectivity index (χ4v) is 5.60. The molecule has 0 radical (unpaired) electrons. The monoisotopic (exact) mass is 470 g/mol. The van der Waals surface area contributed by atoms with E-state index in [4.69, 9.17) is 0 Å². The van der Waals surface area contributed by atoms with Gasteiger partial charge in [-0.2, -0.15) is 0 Å². The largest absolute Gasteiger partial charge is 0.478 e. The van der Waals surface area contributed by atoms with Gasteiger partial charge < -0.3 is 15.3 Å². The Morgan fingerprint density at radius 3 is 2.60 bits per heavy atom. The van der Waals surface area contributed by atoms with E-state index in [9.17, 15) is 9.90 Å². The molecule has 35 heavy (non-hydrogen) atoms. The molecule has 3 aromatic rings. The predicted molar refractivity (Wildman–Crippen MR) is 141 cm³/mol. The number of nitrogens with zero attached hydrogens (tertiary/aromatic N) is 3. The molecule has 0 saturated heterocycles. The number of anilines is 3. The molecule has 1 fully saturated rings. The van der Waals surface area contributed by atoms with E-state index in [1.54, 1.807) is 6.20 Å². The summed E-state index contributed by atoms with van der Waals surface area (Å²) in [5.41, 5.74) is 7.31. The Balaban J connectivity index is 1.33. The minimum atomic E-state index is -0.948. The number of benzene rings is 2. The summed E-state index contributed by atoms with van der Waals surface area (Å²) in [7, 11) is 4.26. The normalized spacial score (nSPS) is 18.3. The topological polar surface area (TPSA) is 68.7 Å². The number of carboxylic acids is 1. The van der Waals surface area contributed by atoms with Crippen LogP contribution in [0.4, 0.5) is 17.1 Å². The van der Waals surface area contributed by atoms with Gasteiger partial charge in [0.2, 0.25) is 0 Å². The first-order valence-corrected chi connectivity index (χ1v) is 12.6. The second-order valence-electron chi connectivity index (χ2n) is 9.87. The summed E-state index contributed by atoms with van der Waals surface area (Å²) in [5.74, 6) is -0.213. The molecule has 2 N–H and O–H groups in total. The van der Waals surface area contributed by atoms with Gasteiger partial charge in [0.1, 0.15) is 0 Å². The Morgan fingerprint density at radius 2 is 1.86 bits per heavy atom. The van der Waals surface area contributed by atoms with Gasteiger partial charge in [-0.25, -0.2) is 4.79 Å². The third kappa shape index (κ3) is 4.89. The van der Waals surface area contributed by atoms with Crippen molar-refractivity contribution < 1.29 is 9.90 Å². The molecule has 6 nitrogen and oxygen atoms in total. The number of fused-ring (bicyclic) bond motifs is 1. The molecular formula is C29H34N4O2. The van der Waals surface area contributed by atoms with Crippen molar-refractivity contribution in [2.75, 3.05) is 37.4 Å². The lowest BCUT2D eigenvalue weighted by molar-refractivity contribution is 0.0697. The first kappa shape index (κ1) is 23.4. The first-order chi connectivity index (χ1) is 17.0. The summed E-state index contributed by atoms with van der Waals surface area (Å²) in [5, 5.41) is 12.8. The summed E-state index contributed by atoms with van der Waals surface area (Å²) in [6.07, 6.45) is 9.45. The van der Waals surface area contributed by atoms with E-state index >= 15 is 0 Å². The standard InChI is InChI=1S/C29H34N4O2/c1-32-16-14-22-17-24(33(2)23-9-7-21(8-10-23)20-5-3-4-6-20)11-12-25(22)28(32)19-31-27-18-30-15-13-26(27)29(34)35/h7-13,15,17-18,20,28,31H,3-6,14,16,19H2,1-2H3,(H,34,35)/t28-/m1/s1. The van der Waals surface area contributed by atoms with Crippen molar-refractivity contribution in [1.29, 1.82) is 0 Å². The average Bonchev–Trinajstić information content (AvgIpc) is 3.43. The van der Waals surface area contributed by atoms with Crippen molar-refractivity contribution >= 4 is 23.0 Å². The van der Waals surface area contributed by atoms with Crippen LogP contribution in [0.3, 0.4) is 0 Å². The van der Waals surface area contributed by atoms with Gasteiger partial charge in [0.15, 0.2) is 0 Å². The number of aromatic carboxylic acids is 1. The number of pyridine rings is 1. The number of hydrogen-bond acceptors (Lipinski definition) is 5. The highest BCUT2D eigenvalue weighted by Gasteiger charge is 2.26. The van der Waals surface area contributed by atoms with Crippen LogP contribution < -0.4 is 10.2 Å². The van der Waals surface area contributed by atoms with Gasteiger partial charge in [0.25, 0.3) is 0 Å². The van der Waals surface area contributed by atoms with E-state index in [2.05, 4.69) is 76.7 Å². The van der Waals surface area contributed by atoms with Crippen molar-refractivity contribution in [2.24, 2.45) is 0 Å². The fourth-order valence-electron chi connectivity index (χ4n) is 5.60. The second-order valence-corrected chi connectivity index (χ2v) is 9.87. The molecule has 1 aliphatic heterocycles. The molecule has 2 aliphatic rings. The quantitative estimate of drug-likeness (QED) is 0.452. The molecule has 1 atom stereocenters. The highest BCUT2D eigenvalue weighted by Crippen LogP contribution is 2.36. The van der Waals surface area contributed by atoms with Gasteiger partial charge >= 0.3 is 5.97 Å². The molecule has 0 bridgehead atoms. The number of hydrogen-bond donors (Lipinski definition) is 2. The van der Waals surface area contributed by atoms with Crippen LogP contribution in [-0.2, 0) is 6.42 Å². The molecule has 5 rings (SSSR count). The lowest BCUT2D eigenvalue weighted by Crippen LogP contribution is -2.36. The summed E-state index contributed by atoms with van der Waals surface area (Å²) >= 11 is 0. The Morgan fingerprint density at radius 1 is 1.11 bits per heavy atom. The van der Waals surface area contributed by atoms with Crippen LogP contribution in [-0.4, -0.2) is 48.1 Å². The molecule has 0 unspecified atom stereocenters. The van der Waals surface area contributed by atoms with Gasteiger partial charge in [-0.3, -0.25) is 9.88 Å². The van der Waals surface area contributed by atoms with E-state index in [-0.39, 0.29) is 11.6 Å². The summed E-state index contributed by atoms with van der Waals surface area (Å²) in [6.45, 7) is 1.58. The Kier molecular flexibility index (Phi) is 6.73. The maximum Gasteiger partial charge on any atom is 0.337 e. The van der Waals surface area contributed by atoms with Gasteiger partial charge in [0, 0.05) is 37.7 Å². The minimum Gasteiger partial charge on any atom is -0.478 e. The first-order valence-electron chi connectivity index (χ1n) is 12.6. The molecular weight excluding hydrogens is 436 g/mol. The Hall–Kier alpha value is -3.38. The van der Waals surface area contributed by atoms with Crippen molar-refractivity contribution in [3.05, 3.63) is 83.2 Å². The minimum absolute atomic E-state index is 0.158. The van der Waals surface area contributed by atoms with Crippen LogP contribution in [0.2, 0.25) is 0 Å².